The zero-order chi connectivity index (χ0) is 31.1. The van der Waals surface area contributed by atoms with Crippen molar-refractivity contribution in [3.8, 4) is 0 Å². The molecule has 1 aromatic rings. The number of azo groups is 2. The maximum absolute atomic E-state index is 9.51. The maximum Gasteiger partial charge on any atom is 0.231 e. The Kier molecular flexibility index (Phi) is 14.0. The minimum atomic E-state index is 0.0968. The summed E-state index contributed by atoms with van der Waals surface area (Å²) in [6, 6.07) is 2.07. The molecule has 4 N–H and O–H groups in total. The number of nitrogens with one attached hydrogen (secondary N) is 2. The molecule has 5 rings (SSSR count). The number of aliphatic hydroxyl groups excluding tert-OH is 2. The van der Waals surface area contributed by atoms with Crippen molar-refractivity contribution >= 4 is 17.8 Å². The fourth-order valence-electron chi connectivity index (χ4n) is 7.28. The van der Waals surface area contributed by atoms with E-state index in [0.29, 0.717) is 67.9 Å². The highest BCUT2D eigenvalue weighted by Gasteiger charge is 2.26. The summed E-state index contributed by atoms with van der Waals surface area (Å²) < 4.78 is 0. The highest BCUT2D eigenvalue weighted by atomic mass is 16.3. The number of rotatable bonds is 15. The van der Waals surface area contributed by atoms with Gasteiger partial charge in [-0.1, -0.05) is 38.5 Å². The van der Waals surface area contributed by atoms with Crippen LogP contribution in [0.2, 0.25) is 0 Å². The Morgan fingerprint density at radius 2 is 0.889 bits per heavy atom. The molecular weight excluding hydrogens is 568 g/mol. The molecular formula is C33H58N10O2. The lowest BCUT2D eigenvalue weighted by atomic mass is 9.91. The minimum Gasteiger partial charge on any atom is -0.396 e. The van der Waals surface area contributed by atoms with Gasteiger partial charge >= 0.3 is 0 Å². The van der Waals surface area contributed by atoms with Gasteiger partial charge in [0, 0.05) is 38.4 Å². The van der Waals surface area contributed by atoms with Gasteiger partial charge in [0.15, 0.2) is 0 Å². The maximum atomic E-state index is 9.51. The third-order valence-corrected chi connectivity index (χ3v) is 10.1. The van der Waals surface area contributed by atoms with Crippen LogP contribution in [0.3, 0.4) is 0 Å². The van der Waals surface area contributed by atoms with Gasteiger partial charge in [0.25, 0.3) is 0 Å². The van der Waals surface area contributed by atoms with E-state index in [1.54, 1.807) is 0 Å². The summed E-state index contributed by atoms with van der Waals surface area (Å²) in [6.07, 6.45) is 22.0. The molecule has 12 nitrogen and oxygen atoms in total. The van der Waals surface area contributed by atoms with Crippen molar-refractivity contribution in [3.63, 3.8) is 0 Å². The second-order valence-corrected chi connectivity index (χ2v) is 13.8. The first-order valence-corrected chi connectivity index (χ1v) is 18.2. The monoisotopic (exact) mass is 626 g/mol. The summed E-state index contributed by atoms with van der Waals surface area (Å²) >= 11 is 0. The van der Waals surface area contributed by atoms with Crippen LogP contribution < -0.4 is 15.5 Å². The van der Waals surface area contributed by atoms with Gasteiger partial charge in [0.05, 0.1) is 24.2 Å². The van der Waals surface area contributed by atoms with E-state index in [1.165, 1.54) is 64.2 Å². The summed E-state index contributed by atoms with van der Waals surface area (Å²) in [5, 5.41) is 45.2. The van der Waals surface area contributed by atoms with Crippen molar-refractivity contribution in [2.45, 2.75) is 165 Å². The van der Waals surface area contributed by atoms with Gasteiger partial charge in [0.1, 0.15) is 0 Å². The molecule has 0 aliphatic heterocycles. The summed E-state index contributed by atoms with van der Waals surface area (Å²) in [5.41, 5.74) is 0. The molecule has 0 amide bonds. The molecule has 0 radical (unpaired) electrons. The number of aromatic nitrogens is 3. The second kappa shape index (κ2) is 18.6. The number of nitrogens with zero attached hydrogens (tertiary/aromatic N) is 8. The van der Waals surface area contributed by atoms with Gasteiger partial charge in [-0.3, -0.25) is 0 Å². The van der Waals surface area contributed by atoms with Crippen LogP contribution in [0.1, 0.15) is 128 Å². The number of hydrogen-bond donors (Lipinski definition) is 4. The molecule has 0 aromatic carbocycles. The van der Waals surface area contributed by atoms with Crippen molar-refractivity contribution in [2.75, 3.05) is 41.8 Å². The predicted molar refractivity (Wildman–Crippen MR) is 178 cm³/mol. The summed E-state index contributed by atoms with van der Waals surface area (Å²) in [5.74, 6) is 1.76. The number of hydrogen-bond acceptors (Lipinski definition) is 12. The van der Waals surface area contributed by atoms with E-state index in [0.717, 1.165) is 51.4 Å². The Labute approximate surface area is 269 Å². The molecule has 4 saturated carbocycles. The molecule has 1 heterocycles. The van der Waals surface area contributed by atoms with Crippen molar-refractivity contribution in [1.82, 2.24) is 15.0 Å². The highest BCUT2D eigenvalue weighted by molar-refractivity contribution is 5.45. The first-order chi connectivity index (χ1) is 22.2. The molecule has 0 unspecified atom stereocenters. The van der Waals surface area contributed by atoms with Crippen LogP contribution in [0.15, 0.2) is 20.5 Å². The number of aliphatic hydroxyl groups is 2. The molecule has 0 saturated heterocycles. The van der Waals surface area contributed by atoms with E-state index in [2.05, 4.69) is 15.5 Å². The van der Waals surface area contributed by atoms with E-state index in [4.69, 9.17) is 35.4 Å². The highest BCUT2D eigenvalue weighted by Crippen LogP contribution is 2.29. The Balaban J connectivity index is 1.19. The van der Waals surface area contributed by atoms with Gasteiger partial charge < -0.3 is 25.7 Å². The second-order valence-electron chi connectivity index (χ2n) is 13.8. The molecule has 4 aliphatic carbocycles. The molecule has 1 aromatic heterocycles. The first-order valence-electron chi connectivity index (χ1n) is 18.2. The van der Waals surface area contributed by atoms with Crippen LogP contribution in [-0.4, -0.2) is 87.7 Å². The fraction of sp³-hybridized carbons (Fsp3) is 0.909. The molecule has 12 heteroatoms. The van der Waals surface area contributed by atoms with E-state index in [9.17, 15) is 10.2 Å². The Morgan fingerprint density at radius 3 is 1.27 bits per heavy atom. The Bertz CT molecular complexity index is 954. The van der Waals surface area contributed by atoms with Gasteiger partial charge in [-0.15, -0.1) is 0 Å². The van der Waals surface area contributed by atoms with Crippen LogP contribution in [0.4, 0.5) is 17.8 Å². The average Bonchev–Trinajstić information content (AvgIpc) is 3.08. The Hall–Kier alpha value is -2.47. The molecule has 4 aliphatic rings. The fourth-order valence-corrected chi connectivity index (χ4v) is 7.28. The summed E-state index contributed by atoms with van der Waals surface area (Å²) in [7, 11) is 0. The molecule has 252 valence electrons. The topological polar surface area (TPSA) is 156 Å². The average molecular weight is 627 g/mol. The SMILES string of the molecule is OCCCN(CCCO)c1nc(NC2CCC(N=NC3CCCCC3)CC2)nc(NC2CCC(N=NC3CCCCC3)CC2)n1. The lowest BCUT2D eigenvalue weighted by Gasteiger charge is -2.29. The lowest BCUT2D eigenvalue weighted by Crippen LogP contribution is -2.33. The van der Waals surface area contributed by atoms with Crippen LogP contribution in [0.25, 0.3) is 0 Å². The standard InChI is InChI=1S/C33H58N10O2/c44-23-7-21-43(22-8-24-45)33-37-31(34-25-13-17-29(18-14-25)41-39-27-9-3-1-4-10-27)36-32(38-33)35-26-15-19-30(20-16-26)42-40-28-11-5-2-6-12-28/h25-30,44-45H,1-24H2,(H2,34,35,36,37,38). The lowest BCUT2D eigenvalue weighted by molar-refractivity contribution is 0.281. The first kappa shape index (κ1) is 33.9. The van der Waals surface area contributed by atoms with Crippen LogP contribution in [-0.2, 0) is 0 Å². The van der Waals surface area contributed by atoms with E-state index >= 15 is 0 Å². The summed E-state index contributed by atoms with van der Waals surface area (Å²) in [4.78, 5) is 16.6. The third-order valence-electron chi connectivity index (χ3n) is 10.1. The Morgan fingerprint density at radius 1 is 0.511 bits per heavy atom. The van der Waals surface area contributed by atoms with Gasteiger partial charge in [0.2, 0.25) is 17.8 Å². The molecule has 0 spiro atoms. The normalized spacial score (nSPS) is 27.2. The largest absolute Gasteiger partial charge is 0.396 e. The third kappa shape index (κ3) is 11.4. The van der Waals surface area contributed by atoms with Gasteiger partial charge in [-0.25, -0.2) is 0 Å². The summed E-state index contributed by atoms with van der Waals surface area (Å²) in [6.45, 7) is 1.43. The quantitative estimate of drug-likeness (QED) is 0.162. The van der Waals surface area contributed by atoms with E-state index in [1.807, 2.05) is 0 Å². The van der Waals surface area contributed by atoms with Crippen molar-refractivity contribution in [3.05, 3.63) is 0 Å². The van der Waals surface area contributed by atoms with Gasteiger partial charge in [-0.05, 0) is 89.9 Å². The van der Waals surface area contributed by atoms with E-state index < -0.39 is 0 Å². The van der Waals surface area contributed by atoms with E-state index in [-0.39, 0.29) is 25.3 Å². The molecule has 0 atom stereocenters. The van der Waals surface area contributed by atoms with Crippen LogP contribution in [0, 0.1) is 0 Å². The zero-order valence-electron chi connectivity index (χ0n) is 27.4. The van der Waals surface area contributed by atoms with Gasteiger partial charge in [-0.2, -0.15) is 35.4 Å². The predicted octanol–water partition coefficient (Wildman–Crippen LogP) is 6.46. The molecule has 4 fully saturated rings. The van der Waals surface area contributed by atoms with Crippen molar-refractivity contribution in [2.24, 2.45) is 20.5 Å². The zero-order valence-corrected chi connectivity index (χ0v) is 27.4. The molecule has 0 bridgehead atoms. The van der Waals surface area contributed by atoms with Crippen LogP contribution >= 0.6 is 0 Å². The molecule has 45 heavy (non-hydrogen) atoms. The van der Waals surface area contributed by atoms with Crippen molar-refractivity contribution < 1.29 is 10.2 Å². The smallest absolute Gasteiger partial charge is 0.231 e. The van der Waals surface area contributed by atoms with Crippen LogP contribution in [0.5, 0.6) is 0 Å². The minimum absolute atomic E-state index is 0.0968. The van der Waals surface area contributed by atoms with Crippen molar-refractivity contribution in [1.29, 1.82) is 0 Å². The number of anilines is 3.